The zero-order valence-corrected chi connectivity index (χ0v) is 10.4. The first-order valence-electron chi connectivity index (χ1n) is 4.91. The van der Waals surface area contributed by atoms with Crippen molar-refractivity contribution in [3.05, 3.63) is 35.8 Å². The first-order chi connectivity index (χ1) is 8.38. The smallest absolute Gasteiger partial charge is 0.228 e. The van der Waals surface area contributed by atoms with Crippen LogP contribution in [0, 0.1) is 0 Å². The Balaban J connectivity index is 2.27. The predicted octanol–water partition coefficient (Wildman–Crippen LogP) is 3.37. The second-order valence-corrected chi connectivity index (χ2v) is 5.03. The average Bonchev–Trinajstić information content (AvgIpc) is 2.99. The molecule has 17 heavy (non-hydrogen) atoms. The van der Waals surface area contributed by atoms with Crippen molar-refractivity contribution in [1.29, 1.82) is 0 Å². The van der Waals surface area contributed by atoms with Gasteiger partial charge in [-0.2, -0.15) is 0 Å². The first kappa shape index (κ1) is 10.4. The minimum absolute atomic E-state index is 0.552. The molecule has 0 aliphatic heterocycles. The SMILES string of the molecule is C=CNc1nc(-c2nccs2)c2sccc2n1. The summed E-state index contributed by atoms with van der Waals surface area (Å²) in [6.07, 6.45) is 3.35. The third-order valence-corrected chi connectivity index (χ3v) is 3.86. The molecule has 0 fully saturated rings. The van der Waals surface area contributed by atoms with E-state index in [0.717, 1.165) is 20.9 Å². The Morgan fingerprint density at radius 2 is 2.18 bits per heavy atom. The molecule has 6 heteroatoms. The van der Waals surface area contributed by atoms with Gasteiger partial charge >= 0.3 is 0 Å². The predicted molar refractivity (Wildman–Crippen MR) is 72.3 cm³/mol. The van der Waals surface area contributed by atoms with Crippen LogP contribution in [0.3, 0.4) is 0 Å². The Bertz CT molecular complexity index is 657. The quantitative estimate of drug-likeness (QED) is 0.784. The molecule has 0 bridgehead atoms. The van der Waals surface area contributed by atoms with Crippen LogP contribution in [0.25, 0.3) is 20.9 Å². The van der Waals surface area contributed by atoms with E-state index in [0.29, 0.717) is 5.95 Å². The van der Waals surface area contributed by atoms with Crippen molar-refractivity contribution in [2.75, 3.05) is 5.32 Å². The lowest BCUT2D eigenvalue weighted by Gasteiger charge is -2.02. The maximum atomic E-state index is 4.47. The molecule has 0 saturated heterocycles. The lowest BCUT2D eigenvalue weighted by atomic mass is 10.3. The molecule has 0 saturated carbocycles. The van der Waals surface area contributed by atoms with Gasteiger partial charge in [-0.25, -0.2) is 15.0 Å². The van der Waals surface area contributed by atoms with Crippen LogP contribution in [-0.4, -0.2) is 15.0 Å². The Kier molecular flexibility index (Phi) is 2.58. The fourth-order valence-corrected chi connectivity index (χ4v) is 3.02. The molecule has 0 spiro atoms. The summed E-state index contributed by atoms with van der Waals surface area (Å²) in [5.41, 5.74) is 1.81. The van der Waals surface area contributed by atoms with E-state index in [1.165, 1.54) is 0 Å². The third kappa shape index (κ3) is 1.81. The average molecular weight is 260 g/mol. The number of nitrogens with zero attached hydrogens (tertiary/aromatic N) is 3. The number of rotatable bonds is 3. The van der Waals surface area contributed by atoms with Crippen LogP contribution in [0.15, 0.2) is 35.8 Å². The number of thiazole rings is 1. The van der Waals surface area contributed by atoms with Crippen molar-refractivity contribution >= 4 is 38.8 Å². The summed E-state index contributed by atoms with van der Waals surface area (Å²) in [5, 5.41) is 7.77. The molecular weight excluding hydrogens is 252 g/mol. The molecule has 0 atom stereocenters. The fourth-order valence-electron chi connectivity index (χ4n) is 1.50. The van der Waals surface area contributed by atoms with Crippen LogP contribution in [0.5, 0.6) is 0 Å². The molecule has 1 N–H and O–H groups in total. The van der Waals surface area contributed by atoms with E-state index >= 15 is 0 Å². The van der Waals surface area contributed by atoms with Gasteiger partial charge in [0.05, 0.1) is 10.2 Å². The lowest BCUT2D eigenvalue weighted by molar-refractivity contribution is 1.21. The van der Waals surface area contributed by atoms with Gasteiger partial charge < -0.3 is 5.32 Å². The van der Waals surface area contributed by atoms with Gasteiger partial charge in [-0.15, -0.1) is 22.7 Å². The van der Waals surface area contributed by atoms with Crippen LogP contribution < -0.4 is 5.32 Å². The number of hydrogen-bond acceptors (Lipinski definition) is 6. The number of thiophene rings is 1. The Morgan fingerprint density at radius 3 is 2.94 bits per heavy atom. The molecule has 4 nitrogen and oxygen atoms in total. The molecule has 0 unspecified atom stereocenters. The zero-order valence-electron chi connectivity index (χ0n) is 8.75. The van der Waals surface area contributed by atoms with Crippen LogP contribution in [0.2, 0.25) is 0 Å². The van der Waals surface area contributed by atoms with E-state index in [-0.39, 0.29) is 0 Å². The minimum Gasteiger partial charge on any atom is -0.331 e. The molecule has 0 aromatic carbocycles. The van der Waals surface area contributed by atoms with Crippen LogP contribution in [-0.2, 0) is 0 Å². The van der Waals surface area contributed by atoms with Gasteiger partial charge in [-0.05, 0) is 17.6 Å². The number of fused-ring (bicyclic) bond motifs is 1. The van der Waals surface area contributed by atoms with Crippen LogP contribution in [0.4, 0.5) is 5.95 Å². The highest BCUT2D eigenvalue weighted by atomic mass is 32.1. The summed E-state index contributed by atoms with van der Waals surface area (Å²) >= 11 is 3.20. The first-order valence-corrected chi connectivity index (χ1v) is 6.67. The maximum absolute atomic E-state index is 4.47. The van der Waals surface area contributed by atoms with Crippen molar-refractivity contribution in [1.82, 2.24) is 15.0 Å². The van der Waals surface area contributed by atoms with Gasteiger partial charge in [0.25, 0.3) is 0 Å². The van der Waals surface area contributed by atoms with Gasteiger partial charge in [0.2, 0.25) is 5.95 Å². The highest BCUT2D eigenvalue weighted by molar-refractivity contribution is 7.18. The topological polar surface area (TPSA) is 50.7 Å². The number of nitrogens with one attached hydrogen (secondary N) is 1. The van der Waals surface area contributed by atoms with E-state index in [9.17, 15) is 0 Å². The molecule has 3 heterocycles. The molecule has 3 aromatic heterocycles. The summed E-state index contributed by atoms with van der Waals surface area (Å²) in [6, 6.07) is 1.98. The van der Waals surface area contributed by atoms with Crippen molar-refractivity contribution < 1.29 is 0 Å². The van der Waals surface area contributed by atoms with E-state index in [1.807, 2.05) is 16.8 Å². The monoisotopic (exact) mass is 260 g/mol. The third-order valence-electron chi connectivity index (χ3n) is 2.17. The minimum atomic E-state index is 0.552. The summed E-state index contributed by atoms with van der Waals surface area (Å²) in [7, 11) is 0. The molecule has 84 valence electrons. The standard InChI is InChI=1S/C11H8N4S2/c1-2-12-11-14-7-3-5-16-9(7)8(15-11)10-13-4-6-17-10/h2-6H,1H2,(H,12,14,15). The number of anilines is 1. The van der Waals surface area contributed by atoms with Crippen molar-refractivity contribution in [3.8, 4) is 10.7 Å². The van der Waals surface area contributed by atoms with Gasteiger partial charge in [0.1, 0.15) is 10.7 Å². The summed E-state index contributed by atoms with van der Waals surface area (Å²) < 4.78 is 1.06. The van der Waals surface area contributed by atoms with Crippen LogP contribution >= 0.6 is 22.7 Å². The Labute approximate surface area is 106 Å². The normalized spacial score (nSPS) is 10.6. The Morgan fingerprint density at radius 1 is 1.24 bits per heavy atom. The summed E-state index contributed by atoms with van der Waals surface area (Å²) in [6.45, 7) is 3.61. The molecule has 0 amide bonds. The molecule has 3 aromatic rings. The summed E-state index contributed by atoms with van der Waals surface area (Å²) in [4.78, 5) is 13.2. The zero-order chi connectivity index (χ0) is 11.7. The van der Waals surface area contributed by atoms with E-state index in [1.54, 1.807) is 35.1 Å². The van der Waals surface area contributed by atoms with E-state index in [4.69, 9.17) is 0 Å². The van der Waals surface area contributed by atoms with Crippen molar-refractivity contribution in [2.24, 2.45) is 0 Å². The van der Waals surface area contributed by atoms with Crippen molar-refractivity contribution in [2.45, 2.75) is 0 Å². The fraction of sp³-hybridized carbons (Fsp3) is 0. The largest absolute Gasteiger partial charge is 0.331 e. The van der Waals surface area contributed by atoms with E-state index in [2.05, 4.69) is 26.8 Å². The number of hydrogen-bond donors (Lipinski definition) is 1. The molecule has 0 aliphatic carbocycles. The highest BCUT2D eigenvalue weighted by Gasteiger charge is 2.12. The van der Waals surface area contributed by atoms with Gasteiger partial charge in [0.15, 0.2) is 0 Å². The number of aromatic nitrogens is 3. The second-order valence-electron chi connectivity index (χ2n) is 3.22. The van der Waals surface area contributed by atoms with Gasteiger partial charge in [-0.1, -0.05) is 6.58 Å². The van der Waals surface area contributed by atoms with Crippen LogP contribution in [0.1, 0.15) is 0 Å². The van der Waals surface area contributed by atoms with Gasteiger partial charge in [0, 0.05) is 11.6 Å². The Hall–Kier alpha value is -1.79. The summed E-state index contributed by atoms with van der Waals surface area (Å²) in [5.74, 6) is 0.552. The van der Waals surface area contributed by atoms with Crippen molar-refractivity contribution in [3.63, 3.8) is 0 Å². The lowest BCUT2D eigenvalue weighted by Crippen LogP contribution is -1.96. The molecule has 3 rings (SSSR count). The maximum Gasteiger partial charge on any atom is 0.228 e. The second kappa shape index (κ2) is 4.23. The molecule has 0 radical (unpaired) electrons. The van der Waals surface area contributed by atoms with Gasteiger partial charge in [-0.3, -0.25) is 0 Å². The highest BCUT2D eigenvalue weighted by Crippen LogP contribution is 2.32. The molecule has 0 aliphatic rings. The van der Waals surface area contributed by atoms with E-state index < -0.39 is 0 Å². The molecular formula is C11H8N4S2.